The maximum Gasteiger partial charge on any atom is 0.263 e. The SMILES string of the molecule is CN(Cc1ccc(C(F)F)cc1)C1CCNCC1. The highest BCUT2D eigenvalue weighted by atomic mass is 19.3. The van der Waals surface area contributed by atoms with Crippen molar-refractivity contribution in [1.82, 2.24) is 10.2 Å². The zero-order valence-corrected chi connectivity index (χ0v) is 10.7. The van der Waals surface area contributed by atoms with Gasteiger partial charge in [0.1, 0.15) is 0 Å². The van der Waals surface area contributed by atoms with E-state index in [0.29, 0.717) is 6.04 Å². The first kappa shape index (κ1) is 13.4. The molecule has 0 aliphatic carbocycles. The minimum atomic E-state index is -2.37. The normalized spacial score (nSPS) is 17.6. The predicted molar refractivity (Wildman–Crippen MR) is 68.8 cm³/mol. The minimum Gasteiger partial charge on any atom is -0.317 e. The first-order valence-electron chi connectivity index (χ1n) is 6.45. The van der Waals surface area contributed by atoms with Crippen LogP contribution >= 0.6 is 0 Å². The average molecular weight is 254 g/mol. The molecule has 0 bridgehead atoms. The number of nitrogens with one attached hydrogen (secondary N) is 1. The number of hydrogen-bond donors (Lipinski definition) is 1. The van der Waals surface area contributed by atoms with Gasteiger partial charge in [-0.1, -0.05) is 24.3 Å². The highest BCUT2D eigenvalue weighted by Gasteiger charge is 2.17. The van der Waals surface area contributed by atoms with Gasteiger partial charge in [-0.25, -0.2) is 8.78 Å². The van der Waals surface area contributed by atoms with Gasteiger partial charge in [-0.2, -0.15) is 0 Å². The van der Waals surface area contributed by atoms with Crippen molar-refractivity contribution in [2.75, 3.05) is 20.1 Å². The quantitative estimate of drug-likeness (QED) is 0.889. The van der Waals surface area contributed by atoms with Gasteiger partial charge in [-0.3, -0.25) is 4.90 Å². The Morgan fingerprint density at radius 2 is 1.83 bits per heavy atom. The number of alkyl halides is 2. The zero-order chi connectivity index (χ0) is 13.0. The summed E-state index contributed by atoms with van der Waals surface area (Å²) in [6, 6.07) is 7.26. The van der Waals surface area contributed by atoms with Crippen LogP contribution in [0.2, 0.25) is 0 Å². The second kappa shape index (κ2) is 6.25. The molecule has 0 saturated carbocycles. The number of halogens is 2. The van der Waals surface area contributed by atoms with E-state index in [1.165, 1.54) is 12.1 Å². The third-order valence-electron chi connectivity index (χ3n) is 3.60. The summed E-state index contributed by atoms with van der Waals surface area (Å²) in [7, 11) is 2.11. The molecule has 0 atom stereocenters. The van der Waals surface area contributed by atoms with E-state index in [0.717, 1.165) is 38.0 Å². The van der Waals surface area contributed by atoms with Crippen molar-refractivity contribution >= 4 is 0 Å². The summed E-state index contributed by atoms with van der Waals surface area (Å²) in [5.41, 5.74) is 1.20. The molecule has 0 unspecified atom stereocenters. The van der Waals surface area contributed by atoms with Crippen molar-refractivity contribution in [2.45, 2.75) is 31.9 Å². The molecule has 4 heteroatoms. The van der Waals surface area contributed by atoms with Crippen LogP contribution in [0, 0.1) is 0 Å². The number of piperidine rings is 1. The second-order valence-corrected chi connectivity index (χ2v) is 4.94. The number of rotatable bonds is 4. The first-order chi connectivity index (χ1) is 8.66. The molecule has 0 amide bonds. The number of nitrogens with zero attached hydrogens (tertiary/aromatic N) is 1. The second-order valence-electron chi connectivity index (χ2n) is 4.94. The Balaban J connectivity index is 1.91. The molecule has 2 rings (SSSR count). The third-order valence-corrected chi connectivity index (χ3v) is 3.60. The third kappa shape index (κ3) is 3.50. The molecule has 0 aromatic heterocycles. The molecule has 1 N–H and O–H groups in total. The van der Waals surface area contributed by atoms with Gasteiger partial charge >= 0.3 is 0 Å². The van der Waals surface area contributed by atoms with Gasteiger partial charge in [0.25, 0.3) is 6.43 Å². The van der Waals surface area contributed by atoms with Gasteiger partial charge in [0.05, 0.1) is 0 Å². The van der Waals surface area contributed by atoms with Crippen molar-refractivity contribution in [2.24, 2.45) is 0 Å². The van der Waals surface area contributed by atoms with Gasteiger partial charge < -0.3 is 5.32 Å². The maximum atomic E-state index is 12.4. The van der Waals surface area contributed by atoms with E-state index in [1.54, 1.807) is 12.1 Å². The highest BCUT2D eigenvalue weighted by Crippen LogP contribution is 2.20. The Hall–Kier alpha value is -1.00. The van der Waals surface area contributed by atoms with E-state index in [1.807, 2.05) is 0 Å². The molecule has 1 heterocycles. The highest BCUT2D eigenvalue weighted by molar-refractivity contribution is 5.23. The fraction of sp³-hybridized carbons (Fsp3) is 0.571. The molecule has 18 heavy (non-hydrogen) atoms. The molecule has 1 aromatic carbocycles. The lowest BCUT2D eigenvalue weighted by molar-refractivity contribution is 0.151. The van der Waals surface area contributed by atoms with Crippen LogP contribution in [-0.4, -0.2) is 31.1 Å². The first-order valence-corrected chi connectivity index (χ1v) is 6.45. The van der Waals surface area contributed by atoms with Crippen LogP contribution in [0.25, 0.3) is 0 Å². The van der Waals surface area contributed by atoms with Gasteiger partial charge in [-0.15, -0.1) is 0 Å². The summed E-state index contributed by atoms with van der Waals surface area (Å²) in [5, 5.41) is 3.34. The molecular formula is C14H20F2N2. The fourth-order valence-corrected chi connectivity index (χ4v) is 2.43. The Labute approximate surface area is 107 Å². The molecule has 1 aliphatic rings. The summed E-state index contributed by atoms with van der Waals surface area (Å²) in [6.45, 7) is 2.97. The van der Waals surface area contributed by atoms with E-state index in [9.17, 15) is 8.78 Å². The van der Waals surface area contributed by atoms with Crippen LogP contribution < -0.4 is 5.32 Å². The van der Waals surface area contributed by atoms with Gasteiger partial charge in [0.2, 0.25) is 0 Å². The van der Waals surface area contributed by atoms with Gasteiger partial charge in [0, 0.05) is 18.2 Å². The van der Waals surface area contributed by atoms with Crippen molar-refractivity contribution < 1.29 is 8.78 Å². The summed E-state index contributed by atoms with van der Waals surface area (Å²) >= 11 is 0. The topological polar surface area (TPSA) is 15.3 Å². The Kier molecular flexibility index (Phi) is 4.66. The monoisotopic (exact) mass is 254 g/mol. The average Bonchev–Trinajstić information content (AvgIpc) is 2.40. The molecule has 2 nitrogen and oxygen atoms in total. The molecule has 0 spiro atoms. The summed E-state index contributed by atoms with van der Waals surface area (Å²) in [5.74, 6) is 0. The van der Waals surface area contributed by atoms with E-state index in [2.05, 4.69) is 17.3 Å². The van der Waals surface area contributed by atoms with Gasteiger partial charge in [0.15, 0.2) is 0 Å². The lowest BCUT2D eigenvalue weighted by atomic mass is 10.0. The largest absolute Gasteiger partial charge is 0.317 e. The predicted octanol–water partition coefficient (Wildman–Crippen LogP) is 2.81. The Morgan fingerprint density at radius 1 is 1.22 bits per heavy atom. The number of benzene rings is 1. The van der Waals surface area contributed by atoms with Crippen LogP contribution in [-0.2, 0) is 6.54 Å². The van der Waals surface area contributed by atoms with Crippen molar-refractivity contribution in [3.63, 3.8) is 0 Å². The molecule has 1 saturated heterocycles. The lowest BCUT2D eigenvalue weighted by Crippen LogP contribution is -2.40. The van der Waals surface area contributed by atoms with Crippen LogP contribution in [0.15, 0.2) is 24.3 Å². The molecule has 1 fully saturated rings. The molecular weight excluding hydrogens is 234 g/mol. The van der Waals surface area contributed by atoms with Crippen molar-refractivity contribution in [3.8, 4) is 0 Å². The number of hydrogen-bond acceptors (Lipinski definition) is 2. The van der Waals surface area contributed by atoms with Crippen LogP contribution in [0.1, 0.15) is 30.4 Å². The van der Waals surface area contributed by atoms with Gasteiger partial charge in [-0.05, 0) is 38.5 Å². The maximum absolute atomic E-state index is 12.4. The van der Waals surface area contributed by atoms with Crippen molar-refractivity contribution in [1.29, 1.82) is 0 Å². The summed E-state index contributed by atoms with van der Waals surface area (Å²) < 4.78 is 24.9. The van der Waals surface area contributed by atoms with E-state index < -0.39 is 6.43 Å². The van der Waals surface area contributed by atoms with E-state index in [-0.39, 0.29) is 5.56 Å². The van der Waals surface area contributed by atoms with E-state index >= 15 is 0 Å². The van der Waals surface area contributed by atoms with E-state index in [4.69, 9.17) is 0 Å². The summed E-state index contributed by atoms with van der Waals surface area (Å²) in [4.78, 5) is 2.32. The smallest absolute Gasteiger partial charge is 0.263 e. The Morgan fingerprint density at radius 3 is 2.39 bits per heavy atom. The van der Waals surface area contributed by atoms with Crippen LogP contribution in [0.3, 0.4) is 0 Å². The summed E-state index contributed by atoms with van der Waals surface area (Å²) in [6.07, 6.45) is -0.0572. The van der Waals surface area contributed by atoms with Crippen LogP contribution in [0.4, 0.5) is 8.78 Å². The Bertz CT molecular complexity index is 359. The fourth-order valence-electron chi connectivity index (χ4n) is 2.43. The molecule has 1 aliphatic heterocycles. The van der Waals surface area contributed by atoms with Crippen molar-refractivity contribution in [3.05, 3.63) is 35.4 Å². The minimum absolute atomic E-state index is 0.100. The molecule has 100 valence electrons. The zero-order valence-electron chi connectivity index (χ0n) is 10.7. The lowest BCUT2D eigenvalue weighted by Gasteiger charge is -2.31. The standard InChI is InChI=1S/C14H20F2N2/c1-18(13-6-8-17-9-7-13)10-11-2-4-12(5-3-11)14(15)16/h2-5,13-14,17H,6-10H2,1H3. The van der Waals surface area contributed by atoms with Crippen LogP contribution in [0.5, 0.6) is 0 Å². The molecule has 1 aromatic rings. The molecule has 0 radical (unpaired) electrons.